The molecular formula is C21H26N2O3S. The molecule has 1 amide bonds. The fourth-order valence-corrected chi connectivity index (χ4v) is 4.57. The zero-order valence-electron chi connectivity index (χ0n) is 16.1. The van der Waals surface area contributed by atoms with Crippen LogP contribution >= 0.6 is 11.3 Å². The summed E-state index contributed by atoms with van der Waals surface area (Å²) in [4.78, 5) is 28.3. The summed E-state index contributed by atoms with van der Waals surface area (Å²) in [6, 6.07) is 8.20. The maximum atomic E-state index is 12.5. The Kier molecular flexibility index (Phi) is 6.29. The van der Waals surface area contributed by atoms with Gasteiger partial charge in [-0.25, -0.2) is 4.79 Å². The number of rotatable bonds is 6. The Bertz CT molecular complexity index is 827. The molecule has 0 atom stereocenters. The Balaban J connectivity index is 1.73. The lowest BCUT2D eigenvalue weighted by molar-refractivity contribution is -0.116. The number of carbonyl (C=O) groups is 2. The molecule has 2 heterocycles. The van der Waals surface area contributed by atoms with Gasteiger partial charge >= 0.3 is 5.97 Å². The van der Waals surface area contributed by atoms with Crippen molar-refractivity contribution in [2.75, 3.05) is 25.5 Å². The van der Waals surface area contributed by atoms with Crippen molar-refractivity contribution in [2.45, 2.75) is 39.7 Å². The molecular weight excluding hydrogens is 360 g/mol. The highest BCUT2D eigenvalue weighted by molar-refractivity contribution is 7.17. The molecule has 1 aliphatic heterocycles. The normalized spacial score (nSPS) is 13.9. The second-order valence-electron chi connectivity index (χ2n) is 6.95. The third-order valence-corrected chi connectivity index (χ3v) is 5.87. The van der Waals surface area contributed by atoms with Gasteiger partial charge in [-0.15, -0.1) is 11.3 Å². The van der Waals surface area contributed by atoms with Crippen molar-refractivity contribution in [2.24, 2.45) is 0 Å². The van der Waals surface area contributed by atoms with Gasteiger partial charge in [0.15, 0.2) is 0 Å². The number of thiophene rings is 1. The Labute approximate surface area is 164 Å². The van der Waals surface area contributed by atoms with Crippen LogP contribution in [0.25, 0.3) is 0 Å². The van der Waals surface area contributed by atoms with Gasteiger partial charge in [-0.3, -0.25) is 4.79 Å². The van der Waals surface area contributed by atoms with E-state index < -0.39 is 0 Å². The van der Waals surface area contributed by atoms with E-state index in [2.05, 4.69) is 29.4 Å². The average molecular weight is 387 g/mol. The van der Waals surface area contributed by atoms with E-state index in [9.17, 15) is 9.59 Å². The lowest BCUT2D eigenvalue weighted by atomic mass is 10.0. The third-order valence-electron chi connectivity index (χ3n) is 4.74. The van der Waals surface area contributed by atoms with Crippen molar-refractivity contribution < 1.29 is 14.3 Å². The van der Waals surface area contributed by atoms with Crippen LogP contribution in [0.3, 0.4) is 0 Å². The molecule has 0 fully saturated rings. The fraction of sp³-hybridized carbons (Fsp3) is 0.429. The van der Waals surface area contributed by atoms with Crippen molar-refractivity contribution >= 4 is 28.2 Å². The molecule has 1 aromatic carbocycles. The Morgan fingerprint density at radius 2 is 2.00 bits per heavy atom. The molecule has 5 nitrogen and oxygen atoms in total. The molecule has 0 aliphatic carbocycles. The summed E-state index contributed by atoms with van der Waals surface area (Å²) < 4.78 is 5.24. The molecule has 0 saturated carbocycles. The number of nitrogens with zero attached hydrogens (tertiary/aromatic N) is 1. The van der Waals surface area contributed by atoms with E-state index in [-0.39, 0.29) is 11.9 Å². The van der Waals surface area contributed by atoms with Gasteiger partial charge in [0.2, 0.25) is 5.91 Å². The molecule has 6 heteroatoms. The highest BCUT2D eigenvalue weighted by atomic mass is 32.1. The molecule has 1 aromatic heterocycles. The largest absolute Gasteiger partial charge is 0.462 e. The highest BCUT2D eigenvalue weighted by Crippen LogP contribution is 2.37. The van der Waals surface area contributed by atoms with Crippen molar-refractivity contribution in [3.05, 3.63) is 51.4 Å². The molecule has 0 unspecified atom stereocenters. The molecule has 3 rings (SSSR count). The number of nitrogens with one attached hydrogen (secondary N) is 1. The molecule has 2 aromatic rings. The van der Waals surface area contributed by atoms with E-state index in [1.54, 1.807) is 6.92 Å². The zero-order valence-corrected chi connectivity index (χ0v) is 16.9. The van der Waals surface area contributed by atoms with Crippen LogP contribution in [-0.2, 0) is 28.9 Å². The van der Waals surface area contributed by atoms with Gasteiger partial charge in [0, 0.05) is 24.4 Å². The summed E-state index contributed by atoms with van der Waals surface area (Å²) in [5.74, 6) is -0.415. The van der Waals surface area contributed by atoms with Gasteiger partial charge in [0.05, 0.1) is 12.2 Å². The maximum Gasteiger partial charge on any atom is 0.341 e. The first-order valence-corrected chi connectivity index (χ1v) is 10.1. The smallest absolute Gasteiger partial charge is 0.341 e. The van der Waals surface area contributed by atoms with Gasteiger partial charge in [-0.1, -0.05) is 29.8 Å². The van der Waals surface area contributed by atoms with Crippen LogP contribution < -0.4 is 5.32 Å². The summed E-state index contributed by atoms with van der Waals surface area (Å²) in [6.45, 7) is 5.86. The Morgan fingerprint density at radius 3 is 2.70 bits per heavy atom. The van der Waals surface area contributed by atoms with Crippen molar-refractivity contribution in [1.29, 1.82) is 0 Å². The summed E-state index contributed by atoms with van der Waals surface area (Å²) in [5, 5.41) is 3.59. The van der Waals surface area contributed by atoms with Crippen LogP contribution in [0.1, 0.15) is 45.3 Å². The summed E-state index contributed by atoms with van der Waals surface area (Å²) >= 11 is 1.50. The first-order chi connectivity index (χ1) is 13.0. The number of fused-ring (bicyclic) bond motifs is 1. The number of ether oxygens (including phenoxy) is 1. The number of amides is 1. The molecule has 1 N–H and O–H groups in total. The first-order valence-electron chi connectivity index (χ1n) is 9.33. The number of hydrogen-bond acceptors (Lipinski definition) is 5. The summed E-state index contributed by atoms with van der Waals surface area (Å²) in [7, 11) is 2.06. The Morgan fingerprint density at radius 1 is 1.26 bits per heavy atom. The molecule has 0 bridgehead atoms. The minimum absolute atomic E-state index is 0.0759. The molecule has 0 radical (unpaired) electrons. The first kappa shape index (κ1) is 19.6. The average Bonchev–Trinajstić information content (AvgIpc) is 2.98. The Hall–Kier alpha value is -2.18. The van der Waals surface area contributed by atoms with Gasteiger partial charge in [-0.05, 0) is 44.9 Å². The predicted octanol–water partition coefficient (Wildman–Crippen LogP) is 3.79. The summed E-state index contributed by atoms with van der Waals surface area (Å²) in [5.41, 5.74) is 3.92. The third kappa shape index (κ3) is 4.76. The van der Waals surface area contributed by atoms with Crippen molar-refractivity contribution in [1.82, 2.24) is 4.90 Å². The maximum absolute atomic E-state index is 12.5. The van der Waals surface area contributed by atoms with E-state index in [4.69, 9.17) is 4.74 Å². The van der Waals surface area contributed by atoms with Crippen LogP contribution in [0, 0.1) is 6.92 Å². The second kappa shape index (κ2) is 8.67. The van der Waals surface area contributed by atoms with E-state index in [1.807, 2.05) is 19.1 Å². The van der Waals surface area contributed by atoms with E-state index in [0.29, 0.717) is 30.0 Å². The van der Waals surface area contributed by atoms with Crippen LogP contribution in [0.15, 0.2) is 24.3 Å². The second-order valence-corrected chi connectivity index (χ2v) is 8.06. The SMILES string of the molecule is CCOC(=O)c1c(NC(=O)CCc2ccc(C)cc2)sc2c1CCN(C)C2. The highest BCUT2D eigenvalue weighted by Gasteiger charge is 2.28. The van der Waals surface area contributed by atoms with E-state index in [1.165, 1.54) is 16.9 Å². The standard InChI is InChI=1S/C21H26N2O3S/c1-4-26-21(25)19-16-11-12-23(3)13-17(16)27-20(19)22-18(24)10-9-15-7-5-14(2)6-8-15/h5-8H,4,9-13H2,1-3H3,(H,22,24). The van der Waals surface area contributed by atoms with Gasteiger partial charge < -0.3 is 15.0 Å². The predicted molar refractivity (Wildman–Crippen MR) is 108 cm³/mol. The number of carbonyl (C=O) groups excluding carboxylic acids is 2. The van der Waals surface area contributed by atoms with Crippen LogP contribution in [0.4, 0.5) is 5.00 Å². The minimum atomic E-state index is -0.339. The molecule has 0 saturated heterocycles. The number of esters is 1. The van der Waals surface area contributed by atoms with E-state index in [0.717, 1.165) is 35.5 Å². The minimum Gasteiger partial charge on any atom is -0.462 e. The van der Waals surface area contributed by atoms with Crippen LogP contribution in [0.2, 0.25) is 0 Å². The topological polar surface area (TPSA) is 58.6 Å². The number of likely N-dealkylation sites (N-methyl/N-ethyl adjacent to an activating group) is 1. The number of aryl methyl sites for hydroxylation is 2. The van der Waals surface area contributed by atoms with Crippen molar-refractivity contribution in [3.8, 4) is 0 Å². The fourth-order valence-electron chi connectivity index (χ4n) is 3.24. The van der Waals surface area contributed by atoms with Gasteiger partial charge in [0.1, 0.15) is 5.00 Å². The lowest BCUT2D eigenvalue weighted by Crippen LogP contribution is -2.26. The number of anilines is 1. The molecule has 27 heavy (non-hydrogen) atoms. The van der Waals surface area contributed by atoms with Crippen LogP contribution in [0.5, 0.6) is 0 Å². The van der Waals surface area contributed by atoms with Gasteiger partial charge in [-0.2, -0.15) is 0 Å². The molecule has 0 spiro atoms. The summed E-state index contributed by atoms with van der Waals surface area (Å²) in [6.07, 6.45) is 1.86. The zero-order chi connectivity index (χ0) is 19.4. The van der Waals surface area contributed by atoms with Crippen LogP contribution in [-0.4, -0.2) is 37.0 Å². The van der Waals surface area contributed by atoms with Gasteiger partial charge in [0.25, 0.3) is 0 Å². The molecule has 1 aliphatic rings. The van der Waals surface area contributed by atoms with E-state index >= 15 is 0 Å². The number of hydrogen-bond donors (Lipinski definition) is 1. The molecule has 144 valence electrons. The number of benzene rings is 1. The quantitative estimate of drug-likeness (QED) is 0.768. The monoisotopic (exact) mass is 386 g/mol. The van der Waals surface area contributed by atoms with Crippen molar-refractivity contribution in [3.63, 3.8) is 0 Å². The lowest BCUT2D eigenvalue weighted by Gasteiger charge is -2.22.